The first-order chi connectivity index (χ1) is 6.42. The Bertz CT molecular complexity index is 264. The molecule has 2 unspecified atom stereocenters. The van der Waals surface area contributed by atoms with Gasteiger partial charge in [-0.2, -0.15) is 0 Å². The van der Waals surface area contributed by atoms with E-state index in [1.165, 1.54) is 19.3 Å². The van der Waals surface area contributed by atoms with Crippen molar-refractivity contribution in [1.29, 1.82) is 0 Å². The SMILES string of the molecule is COCCN1C2=C3CCCC1C3S2. The highest BCUT2D eigenvalue weighted by atomic mass is 32.2. The van der Waals surface area contributed by atoms with Gasteiger partial charge in [0.1, 0.15) is 0 Å². The maximum Gasteiger partial charge on any atom is 0.0721 e. The van der Waals surface area contributed by atoms with Gasteiger partial charge in [0.05, 0.1) is 16.9 Å². The van der Waals surface area contributed by atoms with E-state index < -0.39 is 0 Å². The third kappa shape index (κ3) is 1.00. The molecule has 2 atom stereocenters. The summed E-state index contributed by atoms with van der Waals surface area (Å²) in [7, 11) is 1.79. The summed E-state index contributed by atoms with van der Waals surface area (Å²) in [4.78, 5) is 2.58. The summed E-state index contributed by atoms with van der Waals surface area (Å²) < 4.78 is 5.15. The Morgan fingerprint density at radius 1 is 1.62 bits per heavy atom. The van der Waals surface area contributed by atoms with Crippen molar-refractivity contribution < 1.29 is 4.74 Å². The minimum atomic E-state index is 0.832. The average molecular weight is 197 g/mol. The van der Waals surface area contributed by atoms with Crippen LogP contribution in [0.25, 0.3) is 0 Å². The van der Waals surface area contributed by atoms with Crippen LogP contribution in [0, 0.1) is 0 Å². The van der Waals surface area contributed by atoms with Crippen LogP contribution in [0.1, 0.15) is 19.3 Å². The van der Waals surface area contributed by atoms with Crippen LogP contribution in [0.5, 0.6) is 0 Å². The highest BCUT2D eigenvalue weighted by Crippen LogP contribution is 2.59. The molecule has 0 N–H and O–H groups in total. The molecule has 72 valence electrons. The molecular weight excluding hydrogens is 182 g/mol. The van der Waals surface area contributed by atoms with Crippen LogP contribution in [-0.2, 0) is 4.74 Å². The first-order valence-corrected chi connectivity index (χ1v) is 5.95. The second-order valence-electron chi connectivity index (χ2n) is 4.01. The van der Waals surface area contributed by atoms with Crippen LogP contribution >= 0.6 is 11.8 Å². The van der Waals surface area contributed by atoms with Crippen LogP contribution in [0.4, 0.5) is 0 Å². The minimum Gasteiger partial charge on any atom is -0.383 e. The summed E-state index contributed by atoms with van der Waals surface area (Å²) in [5.74, 6) is 0. The standard InChI is InChI=1S/C10H15NOS/c1-12-6-5-11-8-4-2-3-7-9(8)13-10(7)11/h8-9H,2-6H2,1H3. The molecule has 4 rings (SSSR count). The molecule has 4 bridgehead atoms. The summed E-state index contributed by atoms with van der Waals surface area (Å²) >= 11 is 2.10. The van der Waals surface area contributed by atoms with Gasteiger partial charge in [-0.3, -0.25) is 0 Å². The Balaban J connectivity index is 1.76. The van der Waals surface area contributed by atoms with Gasteiger partial charge in [-0.1, -0.05) is 11.8 Å². The Morgan fingerprint density at radius 2 is 2.54 bits per heavy atom. The molecule has 0 amide bonds. The van der Waals surface area contributed by atoms with Gasteiger partial charge in [-0.25, -0.2) is 0 Å². The predicted octanol–water partition coefficient (Wildman–Crippen LogP) is 1.83. The molecule has 3 heterocycles. The minimum absolute atomic E-state index is 0.832. The van der Waals surface area contributed by atoms with Crippen LogP contribution < -0.4 is 0 Å². The van der Waals surface area contributed by atoms with Crippen molar-refractivity contribution >= 4 is 11.8 Å². The highest BCUT2D eigenvalue weighted by Gasteiger charge is 2.51. The molecule has 13 heavy (non-hydrogen) atoms. The molecule has 2 fully saturated rings. The van der Waals surface area contributed by atoms with Crippen LogP contribution in [0.2, 0.25) is 0 Å². The lowest BCUT2D eigenvalue weighted by atomic mass is 9.93. The number of ether oxygens (including phenoxy) is 1. The van der Waals surface area contributed by atoms with Crippen molar-refractivity contribution in [1.82, 2.24) is 4.90 Å². The predicted molar refractivity (Wildman–Crippen MR) is 54.6 cm³/mol. The normalized spacial score (nSPS) is 35.3. The summed E-state index contributed by atoms with van der Waals surface area (Å²) in [6.07, 6.45) is 4.17. The van der Waals surface area contributed by atoms with E-state index >= 15 is 0 Å². The maximum atomic E-state index is 5.15. The maximum absolute atomic E-state index is 5.15. The molecule has 3 heteroatoms. The summed E-state index contributed by atoms with van der Waals surface area (Å²) in [5.41, 5.74) is 1.76. The fourth-order valence-corrected chi connectivity index (χ4v) is 4.33. The van der Waals surface area contributed by atoms with Crippen molar-refractivity contribution in [2.75, 3.05) is 20.3 Å². The number of nitrogens with zero attached hydrogens (tertiary/aromatic N) is 1. The molecule has 0 aromatic heterocycles. The van der Waals surface area contributed by atoms with Crippen molar-refractivity contribution in [3.05, 3.63) is 10.6 Å². The number of rotatable bonds is 3. The molecule has 2 nitrogen and oxygen atoms in total. The van der Waals surface area contributed by atoms with Crippen LogP contribution in [-0.4, -0.2) is 36.5 Å². The Hall–Kier alpha value is -0.150. The summed E-state index contributed by atoms with van der Waals surface area (Å²) in [6.45, 7) is 1.98. The lowest BCUT2D eigenvalue weighted by Crippen LogP contribution is -2.33. The molecule has 0 aromatic rings. The molecule has 1 saturated carbocycles. The summed E-state index contributed by atoms with van der Waals surface area (Å²) in [5, 5.41) is 2.48. The van der Waals surface area contributed by atoms with E-state index in [2.05, 4.69) is 16.7 Å². The lowest BCUT2D eigenvalue weighted by Gasteiger charge is -2.27. The Labute approximate surface area is 83.3 Å². The zero-order valence-corrected chi connectivity index (χ0v) is 8.77. The van der Waals surface area contributed by atoms with Gasteiger partial charge in [0.15, 0.2) is 0 Å². The van der Waals surface area contributed by atoms with Gasteiger partial charge >= 0.3 is 0 Å². The Kier molecular flexibility index (Phi) is 1.84. The molecule has 3 aliphatic heterocycles. The van der Waals surface area contributed by atoms with Crippen molar-refractivity contribution in [2.24, 2.45) is 0 Å². The second kappa shape index (κ2) is 2.92. The van der Waals surface area contributed by atoms with E-state index in [0.29, 0.717) is 0 Å². The number of methoxy groups -OCH3 is 1. The fourth-order valence-electron chi connectivity index (χ4n) is 2.72. The molecule has 0 aromatic carbocycles. The molecule has 1 aliphatic carbocycles. The van der Waals surface area contributed by atoms with Crippen molar-refractivity contribution in [2.45, 2.75) is 30.6 Å². The second-order valence-corrected chi connectivity index (χ2v) is 5.14. The number of hydrogen-bond donors (Lipinski definition) is 0. The molecule has 4 aliphatic rings. The summed E-state index contributed by atoms with van der Waals surface area (Å²) in [6, 6.07) is 0.832. The van der Waals surface area contributed by atoms with E-state index in [9.17, 15) is 0 Å². The third-order valence-electron chi connectivity index (χ3n) is 3.35. The Morgan fingerprint density at radius 3 is 3.31 bits per heavy atom. The topological polar surface area (TPSA) is 12.5 Å². The van der Waals surface area contributed by atoms with Crippen molar-refractivity contribution in [3.8, 4) is 0 Å². The van der Waals surface area contributed by atoms with E-state index in [0.717, 1.165) is 24.4 Å². The van der Waals surface area contributed by atoms with Gasteiger partial charge in [0.25, 0.3) is 0 Å². The number of thioether (sulfide) groups is 1. The van der Waals surface area contributed by atoms with Gasteiger partial charge in [-0.05, 0) is 24.8 Å². The van der Waals surface area contributed by atoms with E-state index in [1.807, 2.05) is 0 Å². The first kappa shape index (κ1) is 8.18. The third-order valence-corrected chi connectivity index (χ3v) is 4.92. The first-order valence-electron chi connectivity index (χ1n) is 5.07. The van der Waals surface area contributed by atoms with Crippen molar-refractivity contribution in [3.63, 3.8) is 0 Å². The lowest BCUT2D eigenvalue weighted by molar-refractivity contribution is 0.155. The van der Waals surface area contributed by atoms with Crippen LogP contribution in [0.15, 0.2) is 10.6 Å². The van der Waals surface area contributed by atoms with Gasteiger partial charge < -0.3 is 9.64 Å². The van der Waals surface area contributed by atoms with E-state index in [4.69, 9.17) is 4.74 Å². The fraction of sp³-hybridized carbons (Fsp3) is 0.800. The smallest absolute Gasteiger partial charge is 0.0721 e. The zero-order chi connectivity index (χ0) is 8.84. The van der Waals surface area contributed by atoms with Gasteiger partial charge in [-0.15, -0.1) is 0 Å². The van der Waals surface area contributed by atoms with E-state index in [1.54, 1.807) is 17.7 Å². The zero-order valence-electron chi connectivity index (χ0n) is 7.95. The highest BCUT2D eigenvalue weighted by molar-refractivity contribution is 8.05. The molecular formula is C10H15NOS. The average Bonchev–Trinajstić information content (AvgIpc) is 2.55. The quantitative estimate of drug-likeness (QED) is 0.685. The monoisotopic (exact) mass is 197 g/mol. The van der Waals surface area contributed by atoms with Gasteiger partial charge in [0.2, 0.25) is 0 Å². The largest absolute Gasteiger partial charge is 0.383 e. The molecule has 1 saturated heterocycles. The van der Waals surface area contributed by atoms with E-state index in [-0.39, 0.29) is 0 Å². The molecule has 0 spiro atoms. The molecule has 0 radical (unpaired) electrons. The van der Waals surface area contributed by atoms with Gasteiger partial charge in [0, 0.05) is 19.7 Å². The van der Waals surface area contributed by atoms with Crippen LogP contribution in [0.3, 0.4) is 0 Å². The number of hydrogen-bond acceptors (Lipinski definition) is 3.